The molecule has 0 saturated carbocycles. The number of amides is 2. The van der Waals surface area contributed by atoms with E-state index in [1.54, 1.807) is 24.4 Å². The summed E-state index contributed by atoms with van der Waals surface area (Å²) in [5, 5.41) is 9.42. The Morgan fingerprint density at radius 1 is 1.28 bits per heavy atom. The summed E-state index contributed by atoms with van der Waals surface area (Å²) < 4.78 is 11.3. The molecule has 7 nitrogen and oxygen atoms in total. The van der Waals surface area contributed by atoms with Crippen molar-refractivity contribution in [1.29, 1.82) is 0 Å². The Morgan fingerprint density at radius 2 is 2.14 bits per heavy atom. The SMILES string of the molecule is Cc1oc(-c2ccccc2NC(=O)C2CCCO2)nc1CNC(=O)c1ccsc1. The van der Waals surface area contributed by atoms with Crippen molar-refractivity contribution >= 4 is 28.8 Å². The summed E-state index contributed by atoms with van der Waals surface area (Å²) in [5.74, 6) is 0.692. The summed E-state index contributed by atoms with van der Waals surface area (Å²) in [6, 6.07) is 9.11. The van der Waals surface area contributed by atoms with Gasteiger partial charge in [0.25, 0.3) is 11.8 Å². The van der Waals surface area contributed by atoms with Crippen LogP contribution in [0.2, 0.25) is 0 Å². The molecule has 3 heterocycles. The van der Waals surface area contributed by atoms with Crippen molar-refractivity contribution in [3.63, 3.8) is 0 Å². The number of carbonyl (C=O) groups excluding carboxylic acids is 2. The normalized spacial score (nSPS) is 16.0. The van der Waals surface area contributed by atoms with Crippen LogP contribution in [0.4, 0.5) is 5.69 Å². The Kier molecular flexibility index (Phi) is 5.73. The molecule has 1 fully saturated rings. The number of hydrogen-bond acceptors (Lipinski definition) is 6. The number of aryl methyl sites for hydroxylation is 1. The molecule has 1 aliphatic rings. The van der Waals surface area contributed by atoms with Crippen molar-refractivity contribution in [3.8, 4) is 11.5 Å². The first-order valence-corrected chi connectivity index (χ1v) is 10.3. The average Bonchev–Trinajstić information content (AvgIpc) is 3.48. The minimum absolute atomic E-state index is 0.153. The van der Waals surface area contributed by atoms with Gasteiger partial charge in [-0.1, -0.05) is 12.1 Å². The number of benzene rings is 1. The number of nitrogens with one attached hydrogen (secondary N) is 2. The van der Waals surface area contributed by atoms with Gasteiger partial charge in [0.05, 0.1) is 17.8 Å². The fraction of sp³-hybridized carbons (Fsp3) is 0.286. The number of anilines is 1. The van der Waals surface area contributed by atoms with Crippen LogP contribution in [0.3, 0.4) is 0 Å². The first kappa shape index (κ1) is 19.4. The Morgan fingerprint density at radius 3 is 2.90 bits per heavy atom. The van der Waals surface area contributed by atoms with Crippen LogP contribution in [0.1, 0.15) is 34.7 Å². The second-order valence-electron chi connectivity index (χ2n) is 6.75. The van der Waals surface area contributed by atoms with Gasteiger partial charge in [0, 0.05) is 17.6 Å². The lowest BCUT2D eigenvalue weighted by Gasteiger charge is -2.12. The van der Waals surface area contributed by atoms with E-state index in [1.807, 2.05) is 23.6 Å². The predicted molar refractivity (Wildman–Crippen MR) is 110 cm³/mol. The number of oxazole rings is 1. The van der Waals surface area contributed by atoms with E-state index in [1.165, 1.54) is 11.3 Å². The second-order valence-corrected chi connectivity index (χ2v) is 7.53. The Balaban J connectivity index is 1.49. The Hall–Kier alpha value is -2.97. The Labute approximate surface area is 172 Å². The smallest absolute Gasteiger partial charge is 0.253 e. The third-order valence-corrected chi connectivity index (χ3v) is 5.41. The van der Waals surface area contributed by atoms with Crippen LogP contribution in [0.5, 0.6) is 0 Å². The van der Waals surface area contributed by atoms with Crippen molar-refractivity contribution in [2.24, 2.45) is 0 Å². The lowest BCUT2D eigenvalue weighted by molar-refractivity contribution is -0.124. The highest BCUT2D eigenvalue weighted by molar-refractivity contribution is 7.08. The van der Waals surface area contributed by atoms with Gasteiger partial charge in [-0.2, -0.15) is 11.3 Å². The van der Waals surface area contributed by atoms with E-state index < -0.39 is 6.10 Å². The third kappa shape index (κ3) is 4.38. The van der Waals surface area contributed by atoms with Gasteiger partial charge in [-0.3, -0.25) is 9.59 Å². The van der Waals surface area contributed by atoms with Crippen LogP contribution in [0.25, 0.3) is 11.5 Å². The minimum Gasteiger partial charge on any atom is -0.441 e. The number of aromatic nitrogens is 1. The zero-order chi connectivity index (χ0) is 20.2. The molecule has 0 aliphatic carbocycles. The van der Waals surface area contributed by atoms with Crippen molar-refractivity contribution in [2.75, 3.05) is 11.9 Å². The molecule has 2 amide bonds. The van der Waals surface area contributed by atoms with Crippen molar-refractivity contribution in [3.05, 3.63) is 58.1 Å². The highest BCUT2D eigenvalue weighted by Crippen LogP contribution is 2.29. The average molecular weight is 411 g/mol. The van der Waals surface area contributed by atoms with Gasteiger partial charge in [0.1, 0.15) is 17.6 Å². The molecule has 0 bridgehead atoms. The van der Waals surface area contributed by atoms with Gasteiger partial charge in [0.15, 0.2) is 0 Å². The highest BCUT2D eigenvalue weighted by Gasteiger charge is 2.25. The maximum atomic E-state index is 12.4. The van der Waals surface area contributed by atoms with Gasteiger partial charge >= 0.3 is 0 Å². The molecule has 150 valence electrons. The zero-order valence-electron chi connectivity index (χ0n) is 15.9. The summed E-state index contributed by atoms with van der Waals surface area (Å²) in [7, 11) is 0. The highest BCUT2D eigenvalue weighted by atomic mass is 32.1. The number of hydrogen-bond donors (Lipinski definition) is 2. The van der Waals surface area contributed by atoms with Crippen LogP contribution < -0.4 is 10.6 Å². The van der Waals surface area contributed by atoms with Crippen LogP contribution in [-0.4, -0.2) is 29.5 Å². The van der Waals surface area contributed by atoms with E-state index in [2.05, 4.69) is 15.6 Å². The van der Waals surface area contributed by atoms with Crippen LogP contribution in [0, 0.1) is 6.92 Å². The molecule has 1 saturated heterocycles. The second kappa shape index (κ2) is 8.59. The van der Waals surface area contributed by atoms with Crippen molar-refractivity contribution in [2.45, 2.75) is 32.4 Å². The first-order valence-electron chi connectivity index (χ1n) is 9.40. The monoisotopic (exact) mass is 411 g/mol. The molecule has 4 rings (SSSR count). The van der Waals surface area contributed by atoms with E-state index >= 15 is 0 Å². The summed E-state index contributed by atoms with van der Waals surface area (Å²) in [5.41, 5.74) is 2.56. The standard InChI is InChI=1S/C21H21N3O4S/c1-13-17(11-22-19(25)14-8-10-29-12-14)24-21(28-13)15-5-2-3-6-16(15)23-20(26)18-7-4-9-27-18/h2-3,5-6,8,10,12,18H,4,7,9,11H2,1H3,(H,22,25)(H,23,26). The van der Waals surface area contributed by atoms with E-state index in [0.29, 0.717) is 40.8 Å². The van der Waals surface area contributed by atoms with E-state index in [9.17, 15) is 9.59 Å². The molecular formula is C21H21N3O4S. The molecule has 0 radical (unpaired) electrons. The Bertz CT molecular complexity index is 1010. The summed E-state index contributed by atoms with van der Waals surface area (Å²) in [6.45, 7) is 2.67. The van der Waals surface area contributed by atoms with Gasteiger partial charge in [-0.25, -0.2) is 4.98 Å². The maximum Gasteiger partial charge on any atom is 0.253 e. The van der Waals surface area contributed by atoms with Crippen molar-refractivity contribution in [1.82, 2.24) is 10.3 Å². The van der Waals surface area contributed by atoms with Gasteiger partial charge in [-0.15, -0.1) is 0 Å². The lowest BCUT2D eigenvalue weighted by atomic mass is 10.1. The zero-order valence-corrected chi connectivity index (χ0v) is 16.8. The summed E-state index contributed by atoms with van der Waals surface area (Å²) in [4.78, 5) is 29.1. The number of carbonyl (C=O) groups is 2. The molecule has 2 aromatic heterocycles. The number of nitrogens with zero attached hydrogens (tertiary/aromatic N) is 1. The molecule has 8 heteroatoms. The quantitative estimate of drug-likeness (QED) is 0.644. The molecule has 1 aromatic carbocycles. The van der Waals surface area contributed by atoms with E-state index in [-0.39, 0.29) is 18.4 Å². The topological polar surface area (TPSA) is 93.5 Å². The van der Waals surface area contributed by atoms with Gasteiger partial charge in [0.2, 0.25) is 5.89 Å². The summed E-state index contributed by atoms with van der Waals surface area (Å²) >= 11 is 1.47. The molecule has 3 aromatic rings. The molecule has 1 unspecified atom stereocenters. The van der Waals surface area contributed by atoms with Crippen LogP contribution in [-0.2, 0) is 16.1 Å². The minimum atomic E-state index is -0.419. The number of para-hydroxylation sites is 1. The maximum absolute atomic E-state index is 12.4. The van der Waals surface area contributed by atoms with Gasteiger partial charge < -0.3 is 19.8 Å². The number of rotatable bonds is 6. The molecular weight excluding hydrogens is 390 g/mol. The molecule has 29 heavy (non-hydrogen) atoms. The van der Waals surface area contributed by atoms with Crippen LogP contribution in [0.15, 0.2) is 45.5 Å². The molecule has 1 aliphatic heterocycles. The van der Waals surface area contributed by atoms with E-state index in [0.717, 1.165) is 12.8 Å². The fourth-order valence-electron chi connectivity index (χ4n) is 3.14. The van der Waals surface area contributed by atoms with Crippen LogP contribution >= 0.6 is 11.3 Å². The molecule has 2 N–H and O–H groups in total. The number of ether oxygens (including phenoxy) is 1. The van der Waals surface area contributed by atoms with Gasteiger partial charge in [-0.05, 0) is 43.3 Å². The fourth-order valence-corrected chi connectivity index (χ4v) is 3.78. The summed E-state index contributed by atoms with van der Waals surface area (Å²) in [6.07, 6.45) is 1.19. The largest absolute Gasteiger partial charge is 0.441 e. The number of thiophene rings is 1. The first-order chi connectivity index (χ1) is 14.1. The third-order valence-electron chi connectivity index (χ3n) is 4.73. The van der Waals surface area contributed by atoms with Crippen molar-refractivity contribution < 1.29 is 18.7 Å². The molecule has 0 spiro atoms. The predicted octanol–water partition coefficient (Wildman–Crippen LogP) is 3.76. The van der Waals surface area contributed by atoms with E-state index in [4.69, 9.17) is 9.15 Å². The molecule has 1 atom stereocenters. The lowest BCUT2D eigenvalue weighted by Crippen LogP contribution is -2.27.